The van der Waals surface area contributed by atoms with Gasteiger partial charge in [-0.15, -0.1) is 0 Å². The van der Waals surface area contributed by atoms with Crippen molar-refractivity contribution < 1.29 is 4.74 Å². The SMILES string of the molecule is Clc1ccccc1OCC1=CCNCC1. The standard InChI is InChI=1S/C12H14ClNO/c13-11-3-1-2-4-12(11)15-9-10-5-7-14-8-6-10/h1-5,14H,6-9H2. The van der Waals surface area contributed by atoms with Gasteiger partial charge in [0.15, 0.2) is 0 Å². The predicted molar refractivity (Wildman–Crippen MR) is 62.5 cm³/mol. The van der Waals surface area contributed by atoms with Gasteiger partial charge >= 0.3 is 0 Å². The molecular weight excluding hydrogens is 210 g/mol. The van der Waals surface area contributed by atoms with Crippen molar-refractivity contribution in [3.05, 3.63) is 40.9 Å². The van der Waals surface area contributed by atoms with Crippen LogP contribution in [0.4, 0.5) is 0 Å². The minimum atomic E-state index is 0.644. The summed E-state index contributed by atoms with van der Waals surface area (Å²) in [5.41, 5.74) is 1.34. The third-order valence-electron chi connectivity index (χ3n) is 2.41. The van der Waals surface area contributed by atoms with E-state index in [0.717, 1.165) is 25.3 Å². The average Bonchev–Trinajstić information content (AvgIpc) is 2.29. The molecule has 0 radical (unpaired) electrons. The Morgan fingerprint density at radius 2 is 2.20 bits per heavy atom. The van der Waals surface area contributed by atoms with Crippen LogP contribution < -0.4 is 10.1 Å². The second-order valence-corrected chi connectivity index (χ2v) is 3.94. The first kappa shape index (κ1) is 10.5. The molecule has 0 spiro atoms. The maximum absolute atomic E-state index is 5.99. The summed E-state index contributed by atoms with van der Waals surface area (Å²) in [6.45, 7) is 2.63. The van der Waals surface area contributed by atoms with E-state index in [4.69, 9.17) is 16.3 Å². The van der Waals surface area contributed by atoms with E-state index in [1.54, 1.807) is 0 Å². The second-order valence-electron chi connectivity index (χ2n) is 3.54. The summed E-state index contributed by atoms with van der Waals surface area (Å²) in [5, 5.41) is 3.94. The summed E-state index contributed by atoms with van der Waals surface area (Å²) in [4.78, 5) is 0. The highest BCUT2D eigenvalue weighted by Gasteiger charge is 2.05. The fourth-order valence-electron chi connectivity index (χ4n) is 1.53. The maximum atomic E-state index is 5.99. The highest BCUT2D eigenvalue weighted by molar-refractivity contribution is 6.32. The Balaban J connectivity index is 1.93. The van der Waals surface area contributed by atoms with Crippen molar-refractivity contribution >= 4 is 11.6 Å². The summed E-state index contributed by atoms with van der Waals surface area (Å²) in [7, 11) is 0. The zero-order valence-corrected chi connectivity index (χ0v) is 9.26. The Bertz CT molecular complexity index is 362. The monoisotopic (exact) mass is 223 g/mol. The quantitative estimate of drug-likeness (QED) is 0.796. The van der Waals surface area contributed by atoms with E-state index < -0.39 is 0 Å². The van der Waals surface area contributed by atoms with E-state index in [1.807, 2.05) is 24.3 Å². The van der Waals surface area contributed by atoms with Crippen molar-refractivity contribution in [2.24, 2.45) is 0 Å². The average molecular weight is 224 g/mol. The first-order valence-corrected chi connectivity index (χ1v) is 5.50. The molecule has 3 heteroatoms. The van der Waals surface area contributed by atoms with Crippen LogP contribution >= 0.6 is 11.6 Å². The van der Waals surface area contributed by atoms with Crippen molar-refractivity contribution in [2.75, 3.05) is 19.7 Å². The number of rotatable bonds is 3. The van der Waals surface area contributed by atoms with Crippen molar-refractivity contribution in [1.29, 1.82) is 0 Å². The third-order valence-corrected chi connectivity index (χ3v) is 2.72. The van der Waals surface area contributed by atoms with E-state index in [-0.39, 0.29) is 0 Å². The van der Waals surface area contributed by atoms with Gasteiger partial charge in [-0.1, -0.05) is 29.8 Å². The highest BCUT2D eigenvalue weighted by atomic mass is 35.5. The Kier molecular flexibility index (Phi) is 3.64. The Hall–Kier alpha value is -0.990. The van der Waals surface area contributed by atoms with Gasteiger partial charge in [-0.2, -0.15) is 0 Å². The number of benzene rings is 1. The Labute approximate surface area is 94.9 Å². The summed E-state index contributed by atoms with van der Waals surface area (Å²) < 4.78 is 5.65. The first-order valence-electron chi connectivity index (χ1n) is 5.12. The van der Waals surface area contributed by atoms with Crippen LogP contribution in [0.5, 0.6) is 5.75 Å². The van der Waals surface area contributed by atoms with E-state index in [2.05, 4.69) is 11.4 Å². The molecule has 0 fully saturated rings. The maximum Gasteiger partial charge on any atom is 0.138 e. The summed E-state index contributed by atoms with van der Waals surface area (Å²) in [6.07, 6.45) is 3.24. The molecule has 1 aliphatic rings. The molecule has 1 aromatic carbocycles. The minimum absolute atomic E-state index is 0.644. The van der Waals surface area contributed by atoms with Crippen molar-refractivity contribution in [1.82, 2.24) is 5.32 Å². The molecule has 0 saturated carbocycles. The molecule has 0 aromatic heterocycles. The van der Waals surface area contributed by atoms with Crippen LogP contribution in [0.2, 0.25) is 5.02 Å². The zero-order valence-electron chi connectivity index (χ0n) is 8.50. The fourth-order valence-corrected chi connectivity index (χ4v) is 1.72. The lowest BCUT2D eigenvalue weighted by molar-refractivity contribution is 0.344. The largest absolute Gasteiger partial charge is 0.488 e. The van der Waals surface area contributed by atoms with Crippen LogP contribution in [0.1, 0.15) is 6.42 Å². The third kappa shape index (κ3) is 2.98. The molecule has 80 valence electrons. The van der Waals surface area contributed by atoms with Gasteiger partial charge in [0, 0.05) is 6.54 Å². The molecule has 2 rings (SSSR count). The molecule has 0 saturated heterocycles. The van der Waals surface area contributed by atoms with Gasteiger partial charge < -0.3 is 10.1 Å². The molecule has 2 nitrogen and oxygen atoms in total. The van der Waals surface area contributed by atoms with Gasteiger partial charge in [0.25, 0.3) is 0 Å². The number of nitrogens with one attached hydrogen (secondary N) is 1. The number of hydrogen-bond acceptors (Lipinski definition) is 2. The summed E-state index contributed by atoms with van der Waals surface area (Å²) in [6, 6.07) is 7.56. The molecule has 15 heavy (non-hydrogen) atoms. The minimum Gasteiger partial charge on any atom is -0.488 e. The van der Waals surface area contributed by atoms with Gasteiger partial charge in [-0.05, 0) is 30.7 Å². The molecular formula is C12H14ClNO. The zero-order chi connectivity index (χ0) is 10.5. The Morgan fingerprint density at radius 1 is 1.33 bits per heavy atom. The van der Waals surface area contributed by atoms with Crippen LogP contribution in [0.25, 0.3) is 0 Å². The number of hydrogen-bond donors (Lipinski definition) is 1. The van der Waals surface area contributed by atoms with Gasteiger partial charge in [-0.25, -0.2) is 0 Å². The number of ether oxygens (including phenoxy) is 1. The van der Waals surface area contributed by atoms with Crippen LogP contribution in [-0.2, 0) is 0 Å². The lowest BCUT2D eigenvalue weighted by Crippen LogP contribution is -2.22. The second kappa shape index (κ2) is 5.19. The normalized spacial score (nSPS) is 15.9. The topological polar surface area (TPSA) is 21.3 Å². The van der Waals surface area contributed by atoms with Crippen LogP contribution in [0, 0.1) is 0 Å². The molecule has 0 unspecified atom stereocenters. The molecule has 0 atom stereocenters. The van der Waals surface area contributed by atoms with E-state index in [1.165, 1.54) is 5.57 Å². The number of para-hydroxylation sites is 1. The predicted octanol–water partition coefficient (Wildman–Crippen LogP) is 2.64. The first-order chi connectivity index (χ1) is 7.36. The van der Waals surface area contributed by atoms with Crippen molar-refractivity contribution in [3.63, 3.8) is 0 Å². The summed E-state index contributed by atoms with van der Waals surface area (Å²) in [5.74, 6) is 0.763. The lowest BCUT2D eigenvalue weighted by atomic mass is 10.1. The van der Waals surface area contributed by atoms with Crippen molar-refractivity contribution in [3.8, 4) is 5.75 Å². The number of halogens is 1. The van der Waals surface area contributed by atoms with Gasteiger partial charge in [0.2, 0.25) is 0 Å². The smallest absolute Gasteiger partial charge is 0.138 e. The van der Waals surface area contributed by atoms with Crippen LogP contribution in [0.15, 0.2) is 35.9 Å². The molecule has 1 N–H and O–H groups in total. The molecule has 0 amide bonds. The van der Waals surface area contributed by atoms with E-state index >= 15 is 0 Å². The summed E-state index contributed by atoms with van der Waals surface area (Å²) >= 11 is 5.99. The molecule has 1 aliphatic heterocycles. The van der Waals surface area contributed by atoms with E-state index in [0.29, 0.717) is 11.6 Å². The fraction of sp³-hybridized carbons (Fsp3) is 0.333. The van der Waals surface area contributed by atoms with Gasteiger partial charge in [0.1, 0.15) is 12.4 Å². The molecule has 0 bridgehead atoms. The van der Waals surface area contributed by atoms with Crippen LogP contribution in [-0.4, -0.2) is 19.7 Å². The molecule has 0 aliphatic carbocycles. The van der Waals surface area contributed by atoms with Crippen LogP contribution in [0.3, 0.4) is 0 Å². The van der Waals surface area contributed by atoms with Gasteiger partial charge in [-0.3, -0.25) is 0 Å². The van der Waals surface area contributed by atoms with Crippen molar-refractivity contribution in [2.45, 2.75) is 6.42 Å². The molecule has 1 aromatic rings. The molecule has 1 heterocycles. The highest BCUT2D eigenvalue weighted by Crippen LogP contribution is 2.23. The van der Waals surface area contributed by atoms with E-state index in [9.17, 15) is 0 Å². The lowest BCUT2D eigenvalue weighted by Gasteiger charge is -2.15. The Morgan fingerprint density at radius 3 is 2.93 bits per heavy atom. The van der Waals surface area contributed by atoms with Gasteiger partial charge in [0.05, 0.1) is 5.02 Å².